The van der Waals surface area contributed by atoms with Gasteiger partial charge in [0.2, 0.25) is 0 Å². The van der Waals surface area contributed by atoms with E-state index in [1.807, 2.05) is 45.0 Å². The summed E-state index contributed by atoms with van der Waals surface area (Å²) >= 11 is 0. The van der Waals surface area contributed by atoms with E-state index in [1.165, 1.54) is 6.07 Å². The Bertz CT molecular complexity index is 957. The number of phenols is 2. The molecule has 0 radical (unpaired) electrons. The predicted molar refractivity (Wildman–Crippen MR) is 114 cm³/mol. The number of rotatable bonds is 7. The molecule has 1 atom stereocenters. The molecule has 0 amide bonds. The van der Waals surface area contributed by atoms with Gasteiger partial charge >= 0.3 is 0 Å². The summed E-state index contributed by atoms with van der Waals surface area (Å²) in [7, 11) is 1.60. The molecule has 0 fully saturated rings. The second-order valence-corrected chi connectivity index (χ2v) is 7.56. The second-order valence-electron chi connectivity index (χ2n) is 7.56. The van der Waals surface area contributed by atoms with Crippen LogP contribution in [0.25, 0.3) is 5.76 Å². The van der Waals surface area contributed by atoms with Crippen molar-refractivity contribution in [2.24, 2.45) is 5.92 Å². The standard InChI is InChI=1S/C24H28O6/c1-5-10-29-22-12-18-21(27)13-20(26)17(11-19(25)14(2)3)24(18)30-23(22)15-6-8-16(28-4)9-7-15/h5-10,13-14,19,25-27H,11-12H2,1-4H3. The van der Waals surface area contributed by atoms with E-state index in [0.29, 0.717) is 34.1 Å². The molecular weight excluding hydrogens is 384 g/mol. The Kier molecular flexibility index (Phi) is 6.57. The molecule has 0 aromatic heterocycles. The fourth-order valence-corrected chi connectivity index (χ4v) is 3.26. The zero-order valence-electron chi connectivity index (χ0n) is 17.7. The van der Waals surface area contributed by atoms with Crippen LogP contribution >= 0.6 is 0 Å². The van der Waals surface area contributed by atoms with E-state index in [2.05, 4.69) is 0 Å². The summed E-state index contributed by atoms with van der Waals surface area (Å²) in [6.45, 7) is 5.65. The van der Waals surface area contributed by atoms with Gasteiger partial charge in [0.25, 0.3) is 0 Å². The molecule has 3 rings (SSSR count). The van der Waals surface area contributed by atoms with Gasteiger partial charge in [0.05, 0.1) is 19.5 Å². The summed E-state index contributed by atoms with van der Waals surface area (Å²) in [5.41, 5.74) is 1.73. The minimum absolute atomic E-state index is 0.00244. The minimum Gasteiger partial charge on any atom is -0.507 e. The van der Waals surface area contributed by atoms with Crippen LogP contribution in [0.3, 0.4) is 0 Å². The van der Waals surface area contributed by atoms with Crippen molar-refractivity contribution in [1.29, 1.82) is 0 Å². The summed E-state index contributed by atoms with van der Waals surface area (Å²) in [5.74, 6) is 1.88. The average Bonchev–Trinajstić information content (AvgIpc) is 2.74. The van der Waals surface area contributed by atoms with E-state index < -0.39 is 6.10 Å². The molecule has 30 heavy (non-hydrogen) atoms. The van der Waals surface area contributed by atoms with Gasteiger partial charge in [-0.2, -0.15) is 0 Å². The molecule has 6 nitrogen and oxygen atoms in total. The highest BCUT2D eigenvalue weighted by Crippen LogP contribution is 2.46. The number of aliphatic hydroxyl groups excluding tert-OH is 1. The maximum Gasteiger partial charge on any atom is 0.173 e. The molecular formula is C24H28O6. The molecule has 3 N–H and O–H groups in total. The van der Waals surface area contributed by atoms with Crippen LogP contribution in [0.1, 0.15) is 37.5 Å². The number of ether oxygens (including phenoxy) is 3. The van der Waals surface area contributed by atoms with Gasteiger partial charge in [0, 0.05) is 35.6 Å². The van der Waals surface area contributed by atoms with Crippen LogP contribution in [0.4, 0.5) is 0 Å². The van der Waals surface area contributed by atoms with Crippen molar-refractivity contribution < 1.29 is 29.5 Å². The lowest BCUT2D eigenvalue weighted by atomic mass is 9.93. The van der Waals surface area contributed by atoms with Crippen LogP contribution in [0, 0.1) is 5.92 Å². The Morgan fingerprint density at radius 3 is 2.43 bits per heavy atom. The first-order valence-electron chi connectivity index (χ1n) is 9.93. The second kappa shape index (κ2) is 9.13. The van der Waals surface area contributed by atoms with Crippen LogP contribution in [-0.4, -0.2) is 28.5 Å². The molecule has 0 saturated heterocycles. The molecule has 1 aliphatic heterocycles. The molecule has 0 saturated carbocycles. The van der Waals surface area contributed by atoms with E-state index in [1.54, 1.807) is 19.4 Å². The SMILES string of the molecule is CC=COC1=C(c2ccc(OC)cc2)Oc2c(c(O)cc(O)c2CC(O)C(C)C)C1. The van der Waals surface area contributed by atoms with Crippen LogP contribution in [0.15, 0.2) is 48.4 Å². The van der Waals surface area contributed by atoms with Crippen molar-refractivity contribution in [3.63, 3.8) is 0 Å². The average molecular weight is 412 g/mol. The Labute approximate surface area is 176 Å². The van der Waals surface area contributed by atoms with Crippen molar-refractivity contribution in [2.45, 2.75) is 39.7 Å². The third kappa shape index (κ3) is 4.39. The molecule has 0 spiro atoms. The van der Waals surface area contributed by atoms with Crippen LogP contribution in [0.2, 0.25) is 0 Å². The number of phenolic OH excluding ortho intramolecular Hbond substituents is 2. The number of benzene rings is 2. The van der Waals surface area contributed by atoms with Crippen LogP contribution in [0.5, 0.6) is 23.0 Å². The zero-order chi connectivity index (χ0) is 21.8. The summed E-state index contributed by atoms with van der Waals surface area (Å²) in [6.07, 6.45) is 3.12. The summed E-state index contributed by atoms with van der Waals surface area (Å²) < 4.78 is 17.2. The number of hydrogen-bond acceptors (Lipinski definition) is 6. The number of fused-ring (bicyclic) bond motifs is 1. The topological polar surface area (TPSA) is 88.4 Å². The zero-order valence-corrected chi connectivity index (χ0v) is 17.7. The first kappa shape index (κ1) is 21.6. The van der Waals surface area contributed by atoms with E-state index in [0.717, 1.165) is 5.56 Å². The fourth-order valence-electron chi connectivity index (χ4n) is 3.26. The Morgan fingerprint density at radius 2 is 1.83 bits per heavy atom. The normalized spacial score (nSPS) is 14.6. The number of hydrogen-bond donors (Lipinski definition) is 3. The van der Waals surface area contributed by atoms with Crippen molar-refractivity contribution in [3.8, 4) is 23.0 Å². The maximum absolute atomic E-state index is 10.5. The van der Waals surface area contributed by atoms with Crippen LogP contribution < -0.4 is 9.47 Å². The monoisotopic (exact) mass is 412 g/mol. The van der Waals surface area contributed by atoms with E-state index in [4.69, 9.17) is 14.2 Å². The largest absolute Gasteiger partial charge is 0.507 e. The van der Waals surface area contributed by atoms with Gasteiger partial charge in [-0.15, -0.1) is 0 Å². The molecule has 6 heteroatoms. The Morgan fingerprint density at radius 1 is 1.13 bits per heavy atom. The van der Waals surface area contributed by atoms with Crippen molar-refractivity contribution in [1.82, 2.24) is 0 Å². The van der Waals surface area contributed by atoms with Crippen molar-refractivity contribution in [2.75, 3.05) is 7.11 Å². The Balaban J connectivity index is 2.10. The van der Waals surface area contributed by atoms with Gasteiger partial charge in [-0.05, 0) is 37.1 Å². The van der Waals surface area contributed by atoms with Gasteiger partial charge in [-0.3, -0.25) is 0 Å². The molecule has 1 heterocycles. The van der Waals surface area contributed by atoms with Crippen molar-refractivity contribution >= 4 is 5.76 Å². The smallest absolute Gasteiger partial charge is 0.173 e. The first-order chi connectivity index (χ1) is 14.3. The number of methoxy groups -OCH3 is 1. The van der Waals surface area contributed by atoms with Gasteiger partial charge in [0.1, 0.15) is 23.0 Å². The summed E-state index contributed by atoms with van der Waals surface area (Å²) in [6, 6.07) is 8.62. The highest BCUT2D eigenvalue weighted by Gasteiger charge is 2.30. The highest BCUT2D eigenvalue weighted by molar-refractivity contribution is 5.71. The third-order valence-corrected chi connectivity index (χ3v) is 5.12. The lowest BCUT2D eigenvalue weighted by Crippen LogP contribution is -2.20. The molecule has 2 aromatic rings. The Hall–Kier alpha value is -3.12. The van der Waals surface area contributed by atoms with E-state index in [9.17, 15) is 15.3 Å². The lowest BCUT2D eigenvalue weighted by molar-refractivity contribution is 0.124. The minimum atomic E-state index is -0.665. The highest BCUT2D eigenvalue weighted by atomic mass is 16.5. The van der Waals surface area contributed by atoms with Crippen molar-refractivity contribution in [3.05, 3.63) is 65.1 Å². The van der Waals surface area contributed by atoms with E-state index >= 15 is 0 Å². The van der Waals surface area contributed by atoms with Gasteiger partial charge in [-0.25, -0.2) is 0 Å². The van der Waals surface area contributed by atoms with Crippen LogP contribution in [-0.2, 0) is 17.6 Å². The number of allylic oxidation sites excluding steroid dienone is 2. The quantitative estimate of drug-likeness (QED) is 0.580. The lowest BCUT2D eigenvalue weighted by Gasteiger charge is -2.27. The maximum atomic E-state index is 10.5. The van der Waals surface area contributed by atoms with Gasteiger partial charge < -0.3 is 29.5 Å². The van der Waals surface area contributed by atoms with Gasteiger partial charge in [-0.1, -0.05) is 19.9 Å². The molecule has 2 aromatic carbocycles. The van der Waals surface area contributed by atoms with E-state index in [-0.39, 0.29) is 30.3 Å². The summed E-state index contributed by atoms with van der Waals surface area (Å²) in [4.78, 5) is 0. The number of aliphatic hydroxyl groups is 1. The molecule has 0 bridgehead atoms. The molecule has 1 aliphatic rings. The summed E-state index contributed by atoms with van der Waals surface area (Å²) in [5, 5.41) is 31.3. The predicted octanol–water partition coefficient (Wildman–Crippen LogP) is 4.52. The fraction of sp³-hybridized carbons (Fsp3) is 0.333. The molecule has 1 unspecified atom stereocenters. The first-order valence-corrected chi connectivity index (χ1v) is 9.93. The number of aromatic hydroxyl groups is 2. The molecule has 0 aliphatic carbocycles. The third-order valence-electron chi connectivity index (χ3n) is 5.12. The molecule has 160 valence electrons. The van der Waals surface area contributed by atoms with Gasteiger partial charge in [0.15, 0.2) is 11.5 Å².